The van der Waals surface area contributed by atoms with E-state index in [1.54, 1.807) is 18.3 Å². The molecule has 33 heavy (non-hydrogen) atoms. The van der Waals surface area contributed by atoms with Crippen molar-refractivity contribution in [3.8, 4) is 11.1 Å². The Bertz CT molecular complexity index is 1480. The summed E-state index contributed by atoms with van der Waals surface area (Å²) in [5, 5.41) is 0.636. The molecule has 0 atom stereocenters. The molecular weight excluding hydrogens is 447 g/mol. The van der Waals surface area contributed by atoms with Crippen molar-refractivity contribution >= 4 is 32.8 Å². The summed E-state index contributed by atoms with van der Waals surface area (Å²) < 4.78 is 41.8. The van der Waals surface area contributed by atoms with E-state index in [1.165, 1.54) is 41.1 Å². The van der Waals surface area contributed by atoms with Crippen LogP contribution in [0.15, 0.2) is 59.7 Å². The Kier molecular flexibility index (Phi) is 5.81. The van der Waals surface area contributed by atoms with Crippen LogP contribution in [0.3, 0.4) is 0 Å². The molecular formula is C22H21FN6O3S. The summed E-state index contributed by atoms with van der Waals surface area (Å²) in [4.78, 5) is 25.5. The number of rotatable bonds is 6. The van der Waals surface area contributed by atoms with Gasteiger partial charge in [-0.15, -0.1) is 0 Å². The number of nitrogen functional groups attached to an aromatic ring is 1. The zero-order valence-corrected chi connectivity index (χ0v) is 18.7. The normalized spacial score (nSPS) is 11.8. The number of pyridine rings is 2. The number of nitrogens with one attached hydrogen (secondary N) is 1. The third kappa shape index (κ3) is 4.82. The number of halogens is 1. The lowest BCUT2D eigenvalue weighted by Crippen LogP contribution is -2.25. The van der Waals surface area contributed by atoms with Gasteiger partial charge in [-0.25, -0.2) is 22.8 Å². The maximum absolute atomic E-state index is 13.2. The summed E-state index contributed by atoms with van der Waals surface area (Å²) >= 11 is 0. The second kappa shape index (κ2) is 8.58. The fourth-order valence-corrected chi connectivity index (χ4v) is 4.57. The van der Waals surface area contributed by atoms with Gasteiger partial charge < -0.3 is 5.73 Å². The van der Waals surface area contributed by atoms with Gasteiger partial charge in [-0.1, -0.05) is 12.1 Å². The van der Waals surface area contributed by atoms with Crippen LogP contribution in [-0.4, -0.2) is 27.9 Å². The van der Waals surface area contributed by atoms with Gasteiger partial charge in [-0.2, -0.15) is 4.98 Å². The Morgan fingerprint density at radius 2 is 1.82 bits per heavy atom. The van der Waals surface area contributed by atoms with Crippen LogP contribution in [-0.2, 0) is 15.8 Å². The second-order valence-electron chi connectivity index (χ2n) is 7.75. The van der Waals surface area contributed by atoms with E-state index in [2.05, 4.69) is 19.7 Å². The highest BCUT2D eigenvalue weighted by molar-refractivity contribution is 7.91. The molecule has 0 saturated heterocycles. The molecule has 0 saturated carbocycles. The van der Waals surface area contributed by atoms with Crippen molar-refractivity contribution in [2.24, 2.45) is 0 Å². The van der Waals surface area contributed by atoms with Gasteiger partial charge in [-0.3, -0.25) is 14.1 Å². The summed E-state index contributed by atoms with van der Waals surface area (Å²) in [6.45, 7) is 3.72. The molecule has 9 nitrogen and oxygen atoms in total. The van der Waals surface area contributed by atoms with E-state index in [4.69, 9.17) is 5.73 Å². The molecule has 3 N–H and O–H groups in total. The van der Waals surface area contributed by atoms with Gasteiger partial charge in [0.25, 0.3) is 5.56 Å². The Labute approximate surface area is 189 Å². The number of sulfonamides is 1. The van der Waals surface area contributed by atoms with Crippen molar-refractivity contribution in [1.82, 2.24) is 19.5 Å². The SMILES string of the molecule is CC(C)n1c(=O)c(-c2ccc(NS(=O)(=O)Cc3ccc(F)cc3)nc2)cc2cnc(N)nc21. The lowest BCUT2D eigenvalue weighted by molar-refractivity contribution is 0.596. The van der Waals surface area contributed by atoms with Gasteiger partial charge in [0, 0.05) is 34.9 Å². The lowest BCUT2D eigenvalue weighted by Gasteiger charge is -2.15. The van der Waals surface area contributed by atoms with Gasteiger partial charge in [0.1, 0.15) is 17.3 Å². The first-order valence-electron chi connectivity index (χ1n) is 10.0. The van der Waals surface area contributed by atoms with E-state index in [1.807, 2.05) is 13.8 Å². The Balaban J connectivity index is 1.64. The molecule has 3 aromatic heterocycles. The van der Waals surface area contributed by atoms with Crippen molar-refractivity contribution in [1.29, 1.82) is 0 Å². The highest BCUT2D eigenvalue weighted by atomic mass is 32.2. The molecule has 0 radical (unpaired) electrons. The number of hydrogen-bond acceptors (Lipinski definition) is 7. The summed E-state index contributed by atoms with van der Waals surface area (Å²) in [5.41, 5.74) is 7.17. The Morgan fingerprint density at radius 1 is 1.09 bits per heavy atom. The van der Waals surface area contributed by atoms with Crippen LogP contribution in [0.4, 0.5) is 16.2 Å². The van der Waals surface area contributed by atoms with Crippen molar-refractivity contribution in [2.45, 2.75) is 25.6 Å². The third-order valence-electron chi connectivity index (χ3n) is 4.91. The topological polar surface area (TPSA) is 133 Å². The van der Waals surface area contributed by atoms with Crippen LogP contribution in [0.5, 0.6) is 0 Å². The van der Waals surface area contributed by atoms with Crippen LogP contribution >= 0.6 is 0 Å². The number of benzene rings is 1. The molecule has 0 aliphatic heterocycles. The standard InChI is InChI=1S/C22H21FN6O3S/c1-13(2)29-20-16(11-26-22(24)27-20)9-18(21(29)30)15-5-8-19(25-10-15)28-33(31,32)12-14-3-6-17(23)7-4-14/h3-11,13H,12H2,1-2H3,(H,25,28)(H2,24,26,27). The quantitative estimate of drug-likeness (QED) is 0.444. The van der Waals surface area contributed by atoms with Crippen LogP contribution in [0.25, 0.3) is 22.2 Å². The van der Waals surface area contributed by atoms with Gasteiger partial charge in [0.15, 0.2) is 0 Å². The van der Waals surface area contributed by atoms with E-state index in [0.29, 0.717) is 27.7 Å². The van der Waals surface area contributed by atoms with Gasteiger partial charge >= 0.3 is 0 Å². The second-order valence-corrected chi connectivity index (χ2v) is 9.48. The van der Waals surface area contributed by atoms with Crippen molar-refractivity contribution in [3.05, 3.63) is 76.6 Å². The number of anilines is 2. The molecule has 0 aliphatic carbocycles. The molecule has 0 spiro atoms. The number of hydrogen-bond donors (Lipinski definition) is 2. The Morgan fingerprint density at radius 3 is 2.45 bits per heavy atom. The summed E-state index contributed by atoms with van der Waals surface area (Å²) in [7, 11) is -3.77. The van der Waals surface area contributed by atoms with Gasteiger partial charge in [0.05, 0.1) is 5.75 Å². The molecule has 4 rings (SSSR count). The van der Waals surface area contributed by atoms with E-state index in [-0.39, 0.29) is 29.1 Å². The minimum atomic E-state index is -3.77. The highest BCUT2D eigenvalue weighted by Crippen LogP contribution is 2.23. The minimum absolute atomic E-state index is 0.0722. The average molecular weight is 469 g/mol. The summed E-state index contributed by atoms with van der Waals surface area (Å²) in [6, 6.07) is 9.76. The average Bonchev–Trinajstić information content (AvgIpc) is 2.75. The molecule has 4 aromatic rings. The smallest absolute Gasteiger partial charge is 0.260 e. The van der Waals surface area contributed by atoms with E-state index in [0.717, 1.165) is 0 Å². The summed E-state index contributed by atoms with van der Waals surface area (Å²) in [6.07, 6.45) is 2.96. The molecule has 0 unspecified atom stereocenters. The van der Waals surface area contributed by atoms with Crippen LogP contribution in [0, 0.1) is 5.82 Å². The van der Waals surface area contributed by atoms with Crippen molar-refractivity contribution in [3.63, 3.8) is 0 Å². The van der Waals surface area contributed by atoms with Crippen LogP contribution in [0.1, 0.15) is 25.5 Å². The third-order valence-corrected chi connectivity index (χ3v) is 6.15. The fourth-order valence-electron chi connectivity index (χ4n) is 3.43. The Hall–Kier alpha value is -3.86. The van der Waals surface area contributed by atoms with Gasteiger partial charge in [-0.05, 0) is 49.7 Å². The summed E-state index contributed by atoms with van der Waals surface area (Å²) in [5.74, 6) is -0.601. The lowest BCUT2D eigenvalue weighted by atomic mass is 10.1. The first kappa shape index (κ1) is 22.3. The molecule has 1 aromatic carbocycles. The monoisotopic (exact) mass is 468 g/mol. The van der Waals surface area contributed by atoms with E-state index in [9.17, 15) is 17.6 Å². The number of nitrogens with two attached hydrogens (primary N) is 1. The molecule has 0 aliphatic rings. The molecule has 0 fully saturated rings. The number of nitrogens with zero attached hydrogens (tertiary/aromatic N) is 4. The minimum Gasteiger partial charge on any atom is -0.368 e. The first-order chi connectivity index (χ1) is 15.6. The molecule has 0 bridgehead atoms. The highest BCUT2D eigenvalue weighted by Gasteiger charge is 2.17. The van der Waals surface area contributed by atoms with E-state index >= 15 is 0 Å². The van der Waals surface area contributed by atoms with Crippen LogP contribution < -0.4 is 16.0 Å². The number of fused-ring (bicyclic) bond motifs is 1. The zero-order chi connectivity index (χ0) is 23.8. The molecule has 0 amide bonds. The van der Waals surface area contributed by atoms with E-state index < -0.39 is 15.8 Å². The first-order valence-corrected chi connectivity index (χ1v) is 11.7. The predicted octanol–water partition coefficient (Wildman–Crippen LogP) is 3.10. The molecule has 170 valence electrons. The fraction of sp³-hybridized carbons (Fsp3) is 0.182. The largest absolute Gasteiger partial charge is 0.368 e. The maximum Gasteiger partial charge on any atom is 0.260 e. The predicted molar refractivity (Wildman–Crippen MR) is 124 cm³/mol. The van der Waals surface area contributed by atoms with Crippen LogP contribution in [0.2, 0.25) is 0 Å². The van der Waals surface area contributed by atoms with Crippen molar-refractivity contribution in [2.75, 3.05) is 10.5 Å². The number of aromatic nitrogens is 4. The van der Waals surface area contributed by atoms with Crippen molar-refractivity contribution < 1.29 is 12.8 Å². The zero-order valence-electron chi connectivity index (χ0n) is 17.9. The van der Waals surface area contributed by atoms with Gasteiger partial charge in [0.2, 0.25) is 16.0 Å². The molecule has 11 heteroatoms. The molecule has 3 heterocycles. The maximum atomic E-state index is 13.2.